The van der Waals surface area contributed by atoms with E-state index in [1.165, 1.54) is 5.56 Å². The van der Waals surface area contributed by atoms with E-state index in [2.05, 4.69) is 24.4 Å². The molecule has 0 amide bonds. The van der Waals surface area contributed by atoms with Gasteiger partial charge in [-0.2, -0.15) is 0 Å². The summed E-state index contributed by atoms with van der Waals surface area (Å²) in [6.45, 7) is 3.66. The zero-order valence-electron chi connectivity index (χ0n) is 12.2. The fourth-order valence-corrected chi connectivity index (χ4v) is 2.79. The Morgan fingerprint density at radius 1 is 1.20 bits per heavy atom. The third-order valence-electron chi connectivity index (χ3n) is 4.19. The van der Waals surface area contributed by atoms with Crippen molar-refractivity contribution in [3.8, 4) is 11.5 Å². The third-order valence-corrected chi connectivity index (χ3v) is 4.19. The summed E-state index contributed by atoms with van der Waals surface area (Å²) in [5.41, 5.74) is 1.25. The molecular formula is C16H23NO3. The van der Waals surface area contributed by atoms with Crippen LogP contribution >= 0.6 is 0 Å². The molecule has 0 spiro atoms. The second-order valence-electron chi connectivity index (χ2n) is 5.67. The van der Waals surface area contributed by atoms with Gasteiger partial charge in [0.1, 0.15) is 0 Å². The maximum absolute atomic E-state index is 5.75. The molecule has 1 aliphatic heterocycles. The molecule has 1 fully saturated rings. The maximum atomic E-state index is 5.75. The summed E-state index contributed by atoms with van der Waals surface area (Å²) in [5.74, 6) is 1.73. The second-order valence-corrected chi connectivity index (χ2v) is 5.67. The van der Waals surface area contributed by atoms with Crippen LogP contribution < -0.4 is 14.8 Å². The first-order chi connectivity index (χ1) is 9.76. The van der Waals surface area contributed by atoms with Crippen molar-refractivity contribution >= 4 is 0 Å². The number of nitrogens with one attached hydrogen (secondary N) is 1. The Morgan fingerprint density at radius 3 is 2.70 bits per heavy atom. The molecule has 1 N–H and O–H groups in total. The molecule has 1 atom stereocenters. The Kier molecular flexibility index (Phi) is 4.13. The van der Waals surface area contributed by atoms with Crippen molar-refractivity contribution in [2.45, 2.75) is 44.4 Å². The second kappa shape index (κ2) is 6.02. The molecule has 110 valence electrons. The van der Waals surface area contributed by atoms with E-state index in [0.29, 0.717) is 18.2 Å². The van der Waals surface area contributed by atoms with Crippen LogP contribution in [0.25, 0.3) is 0 Å². The summed E-state index contributed by atoms with van der Waals surface area (Å²) in [7, 11) is 1.79. The van der Waals surface area contributed by atoms with Crippen molar-refractivity contribution in [2.75, 3.05) is 20.3 Å². The van der Waals surface area contributed by atoms with Gasteiger partial charge < -0.3 is 19.5 Å². The minimum absolute atomic E-state index is 0.315. The van der Waals surface area contributed by atoms with Crippen LogP contribution in [0.1, 0.15) is 37.8 Å². The fraction of sp³-hybridized carbons (Fsp3) is 0.625. The molecule has 4 heteroatoms. The summed E-state index contributed by atoms with van der Waals surface area (Å²) < 4.78 is 16.7. The number of ether oxygens (including phenoxy) is 3. The van der Waals surface area contributed by atoms with Gasteiger partial charge in [0.05, 0.1) is 19.3 Å². The SMILES string of the molecule is COC1CC(NC(C)c2ccc3c(c2)OCCCO3)C1. The average molecular weight is 277 g/mol. The topological polar surface area (TPSA) is 39.7 Å². The summed E-state index contributed by atoms with van der Waals surface area (Å²) in [5, 5.41) is 3.64. The molecule has 2 aliphatic rings. The van der Waals surface area contributed by atoms with E-state index in [4.69, 9.17) is 14.2 Å². The lowest BCUT2D eigenvalue weighted by Crippen LogP contribution is -2.45. The van der Waals surface area contributed by atoms with Gasteiger partial charge in [0, 0.05) is 25.6 Å². The number of benzene rings is 1. The maximum Gasteiger partial charge on any atom is 0.161 e. The van der Waals surface area contributed by atoms with E-state index in [1.54, 1.807) is 7.11 Å². The minimum atomic E-state index is 0.315. The van der Waals surface area contributed by atoms with E-state index >= 15 is 0 Å². The molecule has 0 aromatic heterocycles. The lowest BCUT2D eigenvalue weighted by atomic mass is 9.88. The standard InChI is InChI=1S/C16H23NO3/c1-11(17-13-9-14(10-13)18-2)12-4-5-15-16(8-12)20-7-3-6-19-15/h4-5,8,11,13-14,17H,3,6-7,9-10H2,1-2H3. The lowest BCUT2D eigenvalue weighted by Gasteiger charge is -2.36. The molecule has 1 saturated carbocycles. The first-order valence-corrected chi connectivity index (χ1v) is 7.44. The van der Waals surface area contributed by atoms with E-state index in [-0.39, 0.29) is 0 Å². The molecular weight excluding hydrogens is 254 g/mol. The van der Waals surface area contributed by atoms with Gasteiger partial charge in [-0.25, -0.2) is 0 Å². The number of hydrogen-bond donors (Lipinski definition) is 1. The summed E-state index contributed by atoms with van der Waals surface area (Å²) in [6.07, 6.45) is 3.58. The zero-order valence-corrected chi connectivity index (χ0v) is 12.2. The highest BCUT2D eigenvalue weighted by Gasteiger charge is 2.30. The van der Waals surface area contributed by atoms with E-state index in [0.717, 1.165) is 44.0 Å². The van der Waals surface area contributed by atoms with Gasteiger partial charge in [-0.15, -0.1) is 0 Å². The first kappa shape index (κ1) is 13.7. The van der Waals surface area contributed by atoms with Crippen molar-refractivity contribution < 1.29 is 14.2 Å². The van der Waals surface area contributed by atoms with Crippen molar-refractivity contribution in [1.29, 1.82) is 0 Å². The predicted octanol–water partition coefficient (Wildman–Crippen LogP) is 2.68. The van der Waals surface area contributed by atoms with Crippen LogP contribution in [0.3, 0.4) is 0 Å². The van der Waals surface area contributed by atoms with Crippen LogP contribution in [0.2, 0.25) is 0 Å². The fourth-order valence-electron chi connectivity index (χ4n) is 2.79. The van der Waals surface area contributed by atoms with E-state index in [9.17, 15) is 0 Å². The first-order valence-electron chi connectivity index (χ1n) is 7.44. The molecule has 20 heavy (non-hydrogen) atoms. The predicted molar refractivity (Wildman–Crippen MR) is 77.4 cm³/mol. The summed E-state index contributed by atoms with van der Waals surface area (Å²) in [4.78, 5) is 0. The number of hydrogen-bond acceptors (Lipinski definition) is 4. The van der Waals surface area contributed by atoms with Gasteiger partial charge in [-0.1, -0.05) is 6.07 Å². The van der Waals surface area contributed by atoms with Gasteiger partial charge in [0.25, 0.3) is 0 Å². The lowest BCUT2D eigenvalue weighted by molar-refractivity contribution is 0.0147. The highest BCUT2D eigenvalue weighted by atomic mass is 16.5. The number of rotatable bonds is 4. The molecule has 1 aromatic rings. The van der Waals surface area contributed by atoms with Crippen molar-refractivity contribution in [3.05, 3.63) is 23.8 Å². The molecule has 1 aromatic carbocycles. The molecule has 3 rings (SSSR count). The van der Waals surface area contributed by atoms with Gasteiger partial charge in [-0.05, 0) is 37.5 Å². The molecule has 0 radical (unpaired) electrons. The molecule has 0 bridgehead atoms. The molecule has 1 unspecified atom stereocenters. The normalized spacial score (nSPS) is 26.5. The van der Waals surface area contributed by atoms with Crippen LogP contribution in [0.5, 0.6) is 11.5 Å². The van der Waals surface area contributed by atoms with Gasteiger partial charge in [-0.3, -0.25) is 0 Å². The largest absolute Gasteiger partial charge is 0.490 e. The molecule has 1 aliphatic carbocycles. The Hall–Kier alpha value is -1.26. The number of methoxy groups -OCH3 is 1. The monoisotopic (exact) mass is 277 g/mol. The Balaban J connectivity index is 1.63. The Morgan fingerprint density at radius 2 is 1.95 bits per heavy atom. The highest BCUT2D eigenvalue weighted by molar-refractivity contribution is 5.44. The zero-order chi connectivity index (χ0) is 13.9. The Bertz CT molecular complexity index is 457. The van der Waals surface area contributed by atoms with Gasteiger partial charge in [0.15, 0.2) is 11.5 Å². The average Bonchev–Trinajstić information content (AvgIpc) is 2.66. The van der Waals surface area contributed by atoms with E-state index < -0.39 is 0 Å². The number of fused-ring (bicyclic) bond motifs is 1. The van der Waals surface area contributed by atoms with Gasteiger partial charge in [0.2, 0.25) is 0 Å². The van der Waals surface area contributed by atoms with Crippen LogP contribution in [0.15, 0.2) is 18.2 Å². The summed E-state index contributed by atoms with van der Waals surface area (Å²) >= 11 is 0. The molecule has 0 saturated heterocycles. The third kappa shape index (κ3) is 2.91. The van der Waals surface area contributed by atoms with Crippen molar-refractivity contribution in [3.63, 3.8) is 0 Å². The summed E-state index contributed by atoms with van der Waals surface area (Å²) in [6, 6.07) is 7.12. The van der Waals surface area contributed by atoms with Crippen LogP contribution in [-0.4, -0.2) is 32.5 Å². The Labute approximate surface area is 120 Å². The van der Waals surface area contributed by atoms with E-state index in [1.807, 2.05) is 6.07 Å². The molecule has 1 heterocycles. The van der Waals surface area contributed by atoms with Gasteiger partial charge >= 0.3 is 0 Å². The van der Waals surface area contributed by atoms with Crippen LogP contribution in [0.4, 0.5) is 0 Å². The van der Waals surface area contributed by atoms with Crippen molar-refractivity contribution in [1.82, 2.24) is 5.32 Å². The minimum Gasteiger partial charge on any atom is -0.490 e. The smallest absolute Gasteiger partial charge is 0.161 e. The highest BCUT2D eigenvalue weighted by Crippen LogP contribution is 2.33. The van der Waals surface area contributed by atoms with Crippen molar-refractivity contribution in [2.24, 2.45) is 0 Å². The van der Waals surface area contributed by atoms with Crippen LogP contribution in [-0.2, 0) is 4.74 Å². The quantitative estimate of drug-likeness (QED) is 0.918. The van der Waals surface area contributed by atoms with Crippen LogP contribution in [0, 0.1) is 0 Å². The molecule has 4 nitrogen and oxygen atoms in total.